The van der Waals surface area contributed by atoms with E-state index < -0.39 is 6.10 Å². The summed E-state index contributed by atoms with van der Waals surface area (Å²) in [6, 6.07) is 1.75. The minimum absolute atomic E-state index is 0.162. The molecule has 1 amide bonds. The number of aryl methyl sites for hydroxylation is 2. The van der Waals surface area contributed by atoms with Crippen molar-refractivity contribution in [2.24, 2.45) is 0 Å². The normalized spacial score (nSPS) is 12.3. The van der Waals surface area contributed by atoms with Gasteiger partial charge in [0, 0.05) is 19.4 Å². The average Bonchev–Trinajstić information content (AvgIpc) is 3.02. The quantitative estimate of drug-likeness (QED) is 0.820. The topological polar surface area (TPSA) is 101 Å². The van der Waals surface area contributed by atoms with Crippen LogP contribution in [0.15, 0.2) is 21.2 Å². The van der Waals surface area contributed by atoms with E-state index in [1.165, 1.54) is 0 Å². The summed E-state index contributed by atoms with van der Waals surface area (Å²) in [6.07, 6.45) is 1.59. The van der Waals surface area contributed by atoms with E-state index in [4.69, 9.17) is 13.9 Å². The summed E-state index contributed by atoms with van der Waals surface area (Å²) in [4.78, 5) is 11.5. The molecule has 20 heavy (non-hydrogen) atoms. The van der Waals surface area contributed by atoms with Crippen molar-refractivity contribution in [1.29, 1.82) is 0 Å². The Bertz CT molecular complexity index is 574. The minimum atomic E-state index is -0.557. The summed E-state index contributed by atoms with van der Waals surface area (Å²) >= 11 is 0. The summed E-state index contributed by atoms with van der Waals surface area (Å²) in [5.74, 6) is 1.32. The molecule has 0 radical (unpaired) electrons. The number of nitrogens with zero attached hydrogens (tertiary/aromatic N) is 2. The van der Waals surface area contributed by atoms with Crippen LogP contribution in [0.5, 0.6) is 0 Å². The molecule has 0 bridgehead atoms. The van der Waals surface area contributed by atoms with Crippen molar-refractivity contribution in [3.8, 4) is 11.5 Å². The van der Waals surface area contributed by atoms with Crippen LogP contribution in [0.4, 0.5) is 0 Å². The Morgan fingerprint density at radius 1 is 1.50 bits per heavy atom. The Morgan fingerprint density at radius 3 is 2.95 bits per heavy atom. The molecule has 0 aliphatic rings. The van der Waals surface area contributed by atoms with E-state index in [1.807, 2.05) is 6.92 Å². The maximum Gasteiger partial charge on any atom is 0.251 e. The zero-order valence-electron chi connectivity index (χ0n) is 11.4. The molecule has 2 aromatic heterocycles. The van der Waals surface area contributed by atoms with Crippen molar-refractivity contribution in [2.75, 3.05) is 6.54 Å². The lowest BCUT2D eigenvalue weighted by Gasteiger charge is -2.05. The highest BCUT2D eigenvalue weighted by atomic mass is 16.4. The van der Waals surface area contributed by atoms with Crippen molar-refractivity contribution in [3.63, 3.8) is 0 Å². The number of amides is 1. The highest BCUT2D eigenvalue weighted by Crippen LogP contribution is 2.22. The second-order valence-electron chi connectivity index (χ2n) is 4.54. The molecule has 0 aromatic carbocycles. The third kappa shape index (κ3) is 3.67. The van der Waals surface area contributed by atoms with Gasteiger partial charge in [-0.2, -0.15) is 0 Å². The largest absolute Gasteiger partial charge is 0.469 e. The van der Waals surface area contributed by atoms with Crippen LogP contribution in [0.2, 0.25) is 0 Å². The van der Waals surface area contributed by atoms with E-state index in [0.717, 1.165) is 5.56 Å². The molecule has 2 rings (SSSR count). The zero-order chi connectivity index (χ0) is 14.5. The molecule has 1 atom stereocenters. The van der Waals surface area contributed by atoms with Crippen LogP contribution in [-0.4, -0.2) is 33.9 Å². The smallest absolute Gasteiger partial charge is 0.251 e. The fourth-order valence-electron chi connectivity index (χ4n) is 1.64. The first-order chi connectivity index (χ1) is 9.56. The number of rotatable bonds is 6. The SMILES string of the molecule is Cc1occc1-c1nnc(CCC(=O)NCC(C)O)o1. The van der Waals surface area contributed by atoms with Crippen LogP contribution in [-0.2, 0) is 11.2 Å². The molecule has 2 N–H and O–H groups in total. The second-order valence-corrected chi connectivity index (χ2v) is 4.54. The molecule has 2 heterocycles. The monoisotopic (exact) mass is 279 g/mol. The van der Waals surface area contributed by atoms with Crippen LogP contribution in [0.3, 0.4) is 0 Å². The Hall–Kier alpha value is -2.15. The Morgan fingerprint density at radius 2 is 2.30 bits per heavy atom. The summed E-state index contributed by atoms with van der Waals surface area (Å²) in [6.45, 7) is 3.66. The highest BCUT2D eigenvalue weighted by molar-refractivity contribution is 5.76. The molecule has 0 spiro atoms. The van der Waals surface area contributed by atoms with E-state index in [1.54, 1.807) is 19.3 Å². The lowest BCUT2D eigenvalue weighted by atomic mass is 10.2. The van der Waals surface area contributed by atoms with E-state index >= 15 is 0 Å². The van der Waals surface area contributed by atoms with Gasteiger partial charge in [-0.1, -0.05) is 0 Å². The fourth-order valence-corrected chi connectivity index (χ4v) is 1.64. The third-order valence-electron chi connectivity index (χ3n) is 2.72. The number of hydrogen-bond acceptors (Lipinski definition) is 6. The zero-order valence-corrected chi connectivity index (χ0v) is 11.4. The van der Waals surface area contributed by atoms with Crippen LogP contribution in [0, 0.1) is 6.92 Å². The van der Waals surface area contributed by atoms with Gasteiger partial charge < -0.3 is 19.3 Å². The summed E-state index contributed by atoms with van der Waals surface area (Å²) in [7, 11) is 0. The number of aromatic nitrogens is 2. The molecule has 7 heteroatoms. The predicted molar refractivity (Wildman–Crippen MR) is 69.7 cm³/mol. The van der Waals surface area contributed by atoms with Gasteiger partial charge in [-0.05, 0) is 19.9 Å². The van der Waals surface area contributed by atoms with E-state index in [2.05, 4.69) is 15.5 Å². The molecule has 0 aliphatic carbocycles. The van der Waals surface area contributed by atoms with Crippen molar-refractivity contribution < 1.29 is 18.7 Å². The van der Waals surface area contributed by atoms with Crippen LogP contribution in [0.1, 0.15) is 25.0 Å². The lowest BCUT2D eigenvalue weighted by molar-refractivity contribution is -0.121. The molecule has 1 unspecified atom stereocenters. The van der Waals surface area contributed by atoms with Gasteiger partial charge in [0.15, 0.2) is 0 Å². The number of carbonyl (C=O) groups excluding carboxylic acids is 1. The molecule has 0 fully saturated rings. The summed E-state index contributed by atoms with van der Waals surface area (Å²) in [5.41, 5.74) is 0.752. The molecule has 2 aromatic rings. The number of furan rings is 1. The Kier molecular flexibility index (Phi) is 4.52. The first-order valence-electron chi connectivity index (χ1n) is 6.38. The molecule has 0 saturated heterocycles. The van der Waals surface area contributed by atoms with Gasteiger partial charge in [0.25, 0.3) is 5.89 Å². The van der Waals surface area contributed by atoms with E-state index in [-0.39, 0.29) is 18.9 Å². The number of hydrogen-bond donors (Lipinski definition) is 2. The summed E-state index contributed by atoms with van der Waals surface area (Å²) in [5, 5.41) is 19.5. The second kappa shape index (κ2) is 6.33. The molecule has 0 aliphatic heterocycles. The highest BCUT2D eigenvalue weighted by Gasteiger charge is 2.13. The van der Waals surface area contributed by atoms with Gasteiger partial charge in [-0.3, -0.25) is 4.79 Å². The van der Waals surface area contributed by atoms with Gasteiger partial charge in [0.1, 0.15) is 5.76 Å². The van der Waals surface area contributed by atoms with Crippen LogP contribution >= 0.6 is 0 Å². The van der Waals surface area contributed by atoms with Gasteiger partial charge in [-0.15, -0.1) is 10.2 Å². The molecule has 0 saturated carbocycles. The minimum Gasteiger partial charge on any atom is -0.469 e. The first kappa shape index (κ1) is 14.3. The van der Waals surface area contributed by atoms with Crippen LogP contribution in [0.25, 0.3) is 11.5 Å². The van der Waals surface area contributed by atoms with Crippen LogP contribution < -0.4 is 5.32 Å². The third-order valence-corrected chi connectivity index (χ3v) is 2.72. The van der Waals surface area contributed by atoms with Crippen molar-refractivity contribution >= 4 is 5.91 Å². The number of carbonyl (C=O) groups is 1. The van der Waals surface area contributed by atoms with Crippen molar-refractivity contribution in [3.05, 3.63) is 24.0 Å². The van der Waals surface area contributed by atoms with Gasteiger partial charge >= 0.3 is 0 Å². The number of aliphatic hydroxyl groups is 1. The standard InChI is InChI=1S/C13H17N3O4/c1-8(17)7-14-11(18)3-4-12-15-16-13(20-12)10-5-6-19-9(10)2/h5-6,8,17H,3-4,7H2,1-2H3,(H,14,18). The Labute approximate surface area is 116 Å². The first-order valence-corrected chi connectivity index (χ1v) is 6.38. The maximum absolute atomic E-state index is 11.5. The molecule has 108 valence electrons. The predicted octanol–water partition coefficient (Wildman–Crippen LogP) is 1.07. The number of nitrogens with one attached hydrogen (secondary N) is 1. The van der Waals surface area contributed by atoms with E-state index in [9.17, 15) is 4.79 Å². The van der Waals surface area contributed by atoms with Crippen molar-refractivity contribution in [2.45, 2.75) is 32.8 Å². The molecule has 7 nitrogen and oxygen atoms in total. The van der Waals surface area contributed by atoms with Gasteiger partial charge in [-0.25, -0.2) is 0 Å². The van der Waals surface area contributed by atoms with Crippen molar-refractivity contribution in [1.82, 2.24) is 15.5 Å². The van der Waals surface area contributed by atoms with Gasteiger partial charge in [0.05, 0.1) is 17.9 Å². The summed E-state index contributed by atoms with van der Waals surface area (Å²) < 4.78 is 10.6. The average molecular weight is 279 g/mol. The lowest BCUT2D eigenvalue weighted by Crippen LogP contribution is -2.30. The fraction of sp³-hybridized carbons (Fsp3) is 0.462. The number of aliphatic hydroxyl groups excluding tert-OH is 1. The van der Waals surface area contributed by atoms with E-state index in [0.29, 0.717) is 24.0 Å². The van der Waals surface area contributed by atoms with Gasteiger partial charge in [0.2, 0.25) is 11.8 Å². The Balaban J connectivity index is 1.87. The maximum atomic E-state index is 11.5. The molecular weight excluding hydrogens is 262 g/mol. The molecular formula is C13H17N3O4.